The van der Waals surface area contributed by atoms with Crippen LogP contribution < -0.4 is 0 Å². The number of nitrogens with zero attached hydrogens (tertiary/aromatic N) is 6. The standard InChI is InChI=1S/C17H22N6O2/c1-9-12-6-5-11-13(16-18-21-23(4)20-16)22(3)19-15(11)17(12,2)7-10(8-24)14(9)25/h8-10,12H,5-7H2,1-4H3/t9-,10?,12-,17-/m0/s1. The number of tetrazole rings is 1. The van der Waals surface area contributed by atoms with Crippen molar-refractivity contribution in [3.63, 3.8) is 0 Å². The summed E-state index contributed by atoms with van der Waals surface area (Å²) in [5, 5.41) is 17.2. The highest BCUT2D eigenvalue weighted by molar-refractivity contribution is 5.96. The molecule has 0 N–H and O–H groups in total. The van der Waals surface area contributed by atoms with Gasteiger partial charge < -0.3 is 4.79 Å². The Kier molecular flexibility index (Phi) is 3.42. The van der Waals surface area contributed by atoms with Gasteiger partial charge in [-0.05, 0) is 30.4 Å². The van der Waals surface area contributed by atoms with E-state index in [1.807, 2.05) is 18.7 Å². The number of fused-ring (bicyclic) bond motifs is 3. The summed E-state index contributed by atoms with van der Waals surface area (Å²) in [6.07, 6.45) is 3.08. The molecule has 2 aliphatic carbocycles. The lowest BCUT2D eigenvalue weighted by molar-refractivity contribution is -0.137. The minimum atomic E-state index is -0.540. The Morgan fingerprint density at radius 2 is 2.04 bits per heavy atom. The molecular formula is C17H22N6O2. The molecule has 8 heteroatoms. The first-order chi connectivity index (χ1) is 11.9. The van der Waals surface area contributed by atoms with Gasteiger partial charge in [-0.1, -0.05) is 13.8 Å². The number of rotatable bonds is 2. The quantitative estimate of drug-likeness (QED) is 0.593. The van der Waals surface area contributed by atoms with Crippen molar-refractivity contribution in [2.45, 2.75) is 38.5 Å². The van der Waals surface area contributed by atoms with Crippen LogP contribution in [0.15, 0.2) is 0 Å². The molecule has 4 rings (SSSR count). The van der Waals surface area contributed by atoms with E-state index in [-0.39, 0.29) is 23.0 Å². The molecule has 0 amide bonds. The van der Waals surface area contributed by atoms with E-state index in [1.54, 1.807) is 7.05 Å². The number of carbonyl (C=O) groups excluding carboxylic acids is 2. The molecular weight excluding hydrogens is 320 g/mol. The van der Waals surface area contributed by atoms with Gasteiger partial charge in [0.15, 0.2) is 0 Å². The van der Waals surface area contributed by atoms with Gasteiger partial charge >= 0.3 is 0 Å². The molecule has 0 bridgehead atoms. The number of hydrogen-bond donors (Lipinski definition) is 0. The minimum Gasteiger partial charge on any atom is -0.303 e. The molecule has 0 spiro atoms. The first-order valence-corrected chi connectivity index (χ1v) is 8.66. The van der Waals surface area contributed by atoms with E-state index in [4.69, 9.17) is 5.10 Å². The molecule has 0 aromatic carbocycles. The normalized spacial score (nSPS) is 31.5. The molecule has 25 heavy (non-hydrogen) atoms. The fourth-order valence-electron chi connectivity index (χ4n) is 4.97. The van der Waals surface area contributed by atoms with Crippen LogP contribution in [0.5, 0.6) is 0 Å². The lowest BCUT2D eigenvalue weighted by atomic mass is 9.54. The summed E-state index contributed by atoms with van der Waals surface area (Å²) < 4.78 is 1.81. The average molecular weight is 342 g/mol. The van der Waals surface area contributed by atoms with Crippen molar-refractivity contribution in [3.8, 4) is 11.5 Å². The first-order valence-electron chi connectivity index (χ1n) is 8.66. The summed E-state index contributed by atoms with van der Waals surface area (Å²) >= 11 is 0. The molecule has 4 atom stereocenters. The SMILES string of the molecule is C[C@@H]1C(=O)C(C=O)C[C@]2(C)c3nn(C)c(-c4nnn(C)n4)c3CC[C@@H]12. The molecule has 2 heterocycles. The van der Waals surface area contributed by atoms with E-state index < -0.39 is 5.92 Å². The zero-order valence-corrected chi connectivity index (χ0v) is 14.9. The second-order valence-corrected chi connectivity index (χ2v) is 7.60. The summed E-state index contributed by atoms with van der Waals surface area (Å²) in [5.74, 6) is 0.186. The average Bonchev–Trinajstić information content (AvgIpc) is 3.14. The van der Waals surface area contributed by atoms with E-state index in [1.165, 1.54) is 4.80 Å². The van der Waals surface area contributed by atoms with Crippen LogP contribution in [0, 0.1) is 17.8 Å². The third-order valence-corrected chi connectivity index (χ3v) is 6.16. The van der Waals surface area contributed by atoms with Gasteiger partial charge in [-0.25, -0.2) is 0 Å². The summed E-state index contributed by atoms with van der Waals surface area (Å²) in [6.45, 7) is 4.11. The van der Waals surface area contributed by atoms with Crippen LogP contribution in [0.4, 0.5) is 0 Å². The van der Waals surface area contributed by atoms with Gasteiger partial charge in [0.25, 0.3) is 0 Å². The maximum Gasteiger partial charge on any atom is 0.223 e. The van der Waals surface area contributed by atoms with Crippen molar-refractivity contribution in [3.05, 3.63) is 11.3 Å². The summed E-state index contributed by atoms with van der Waals surface area (Å²) in [5.41, 5.74) is 2.71. The highest BCUT2D eigenvalue weighted by atomic mass is 16.1. The molecule has 1 unspecified atom stereocenters. The Bertz CT molecular complexity index is 869. The van der Waals surface area contributed by atoms with Gasteiger partial charge in [-0.15, -0.1) is 10.2 Å². The summed E-state index contributed by atoms with van der Waals surface area (Å²) in [6, 6.07) is 0. The van der Waals surface area contributed by atoms with Crippen LogP contribution in [0.2, 0.25) is 0 Å². The monoisotopic (exact) mass is 342 g/mol. The number of aldehydes is 1. The van der Waals surface area contributed by atoms with E-state index in [2.05, 4.69) is 22.3 Å². The van der Waals surface area contributed by atoms with Crippen molar-refractivity contribution in [2.75, 3.05) is 0 Å². The van der Waals surface area contributed by atoms with Crippen molar-refractivity contribution < 1.29 is 9.59 Å². The zero-order valence-electron chi connectivity index (χ0n) is 14.9. The van der Waals surface area contributed by atoms with Gasteiger partial charge in [0.05, 0.1) is 18.7 Å². The highest BCUT2D eigenvalue weighted by Crippen LogP contribution is 2.53. The fraction of sp³-hybridized carbons (Fsp3) is 0.647. The molecule has 1 saturated carbocycles. The lowest BCUT2D eigenvalue weighted by Crippen LogP contribution is -2.51. The number of ketones is 1. The smallest absolute Gasteiger partial charge is 0.223 e. The summed E-state index contributed by atoms with van der Waals surface area (Å²) in [4.78, 5) is 25.4. The largest absolute Gasteiger partial charge is 0.303 e. The molecule has 0 saturated heterocycles. The van der Waals surface area contributed by atoms with Crippen LogP contribution in [0.1, 0.15) is 37.9 Å². The third kappa shape index (κ3) is 2.12. The fourth-order valence-corrected chi connectivity index (χ4v) is 4.97. The third-order valence-electron chi connectivity index (χ3n) is 6.16. The molecule has 2 aromatic heterocycles. The topological polar surface area (TPSA) is 95.6 Å². The van der Waals surface area contributed by atoms with Crippen LogP contribution in [0.25, 0.3) is 11.5 Å². The molecule has 0 aliphatic heterocycles. The van der Waals surface area contributed by atoms with Crippen molar-refractivity contribution in [1.29, 1.82) is 0 Å². The second-order valence-electron chi connectivity index (χ2n) is 7.60. The van der Waals surface area contributed by atoms with E-state index >= 15 is 0 Å². The number of hydrogen-bond acceptors (Lipinski definition) is 6. The molecule has 2 aliphatic rings. The molecule has 2 aromatic rings. The number of Topliss-reactive ketones (excluding diaryl/α,β-unsaturated/α-hetero) is 1. The Morgan fingerprint density at radius 1 is 1.28 bits per heavy atom. The Labute approximate surface area is 145 Å². The number of aryl methyl sites for hydroxylation is 2. The van der Waals surface area contributed by atoms with Crippen LogP contribution >= 0.6 is 0 Å². The molecule has 132 valence electrons. The van der Waals surface area contributed by atoms with Crippen molar-refractivity contribution in [1.82, 2.24) is 30.0 Å². The second kappa shape index (κ2) is 5.31. The van der Waals surface area contributed by atoms with Gasteiger partial charge in [0.1, 0.15) is 17.8 Å². The predicted octanol–water partition coefficient (Wildman–Crippen LogP) is 0.855. The van der Waals surface area contributed by atoms with Gasteiger partial charge in [0.2, 0.25) is 5.82 Å². The number of carbonyl (C=O) groups is 2. The molecule has 8 nitrogen and oxygen atoms in total. The van der Waals surface area contributed by atoms with Gasteiger partial charge in [-0.3, -0.25) is 9.48 Å². The lowest BCUT2D eigenvalue weighted by Gasteiger charge is -2.48. The van der Waals surface area contributed by atoms with Crippen molar-refractivity contribution in [2.24, 2.45) is 31.8 Å². The van der Waals surface area contributed by atoms with E-state index in [9.17, 15) is 9.59 Å². The Hall–Kier alpha value is -2.38. The maximum atomic E-state index is 12.5. The zero-order chi connectivity index (χ0) is 17.9. The predicted molar refractivity (Wildman–Crippen MR) is 88.5 cm³/mol. The Balaban J connectivity index is 1.86. The number of aromatic nitrogens is 6. The van der Waals surface area contributed by atoms with E-state index in [0.717, 1.165) is 36.1 Å². The van der Waals surface area contributed by atoms with Crippen molar-refractivity contribution >= 4 is 12.1 Å². The first kappa shape index (κ1) is 16.1. The molecule has 1 fully saturated rings. The highest BCUT2D eigenvalue weighted by Gasteiger charge is 2.53. The minimum absolute atomic E-state index is 0.0765. The molecule has 0 radical (unpaired) electrons. The van der Waals surface area contributed by atoms with Gasteiger partial charge in [-0.2, -0.15) is 9.90 Å². The Morgan fingerprint density at radius 3 is 2.68 bits per heavy atom. The van der Waals surface area contributed by atoms with Crippen LogP contribution in [-0.2, 0) is 35.5 Å². The maximum absolute atomic E-state index is 12.5. The summed E-state index contributed by atoms with van der Waals surface area (Å²) in [7, 11) is 3.62. The van der Waals surface area contributed by atoms with Crippen LogP contribution in [0.3, 0.4) is 0 Å². The van der Waals surface area contributed by atoms with Crippen LogP contribution in [-0.4, -0.2) is 42.1 Å². The van der Waals surface area contributed by atoms with E-state index in [0.29, 0.717) is 12.2 Å². The van der Waals surface area contributed by atoms with Gasteiger partial charge in [0, 0.05) is 23.9 Å².